The van der Waals surface area contributed by atoms with Gasteiger partial charge in [0, 0.05) is 56.1 Å². The van der Waals surface area contributed by atoms with E-state index in [0.717, 1.165) is 42.7 Å². The summed E-state index contributed by atoms with van der Waals surface area (Å²) in [5, 5.41) is 10.6. The minimum Gasteiger partial charge on any atom is -0.493 e. The van der Waals surface area contributed by atoms with E-state index in [0.29, 0.717) is 49.0 Å². The van der Waals surface area contributed by atoms with E-state index in [1.54, 1.807) is 14.2 Å². The Hall–Kier alpha value is -2.81. The van der Waals surface area contributed by atoms with Gasteiger partial charge in [0.25, 0.3) is 0 Å². The summed E-state index contributed by atoms with van der Waals surface area (Å²) in [7, 11) is 3.24. The second-order valence-electron chi connectivity index (χ2n) is 8.30. The van der Waals surface area contributed by atoms with E-state index in [1.807, 2.05) is 19.1 Å². The summed E-state index contributed by atoms with van der Waals surface area (Å²) in [5.74, 6) is 2.58. The molecule has 0 unspecified atom stereocenters. The highest BCUT2D eigenvalue weighted by atomic mass is 16.5. The molecule has 1 aliphatic rings. The number of fused-ring (bicyclic) bond motifs is 1. The second kappa shape index (κ2) is 11.2. The van der Waals surface area contributed by atoms with Gasteiger partial charge in [0.05, 0.1) is 19.7 Å². The van der Waals surface area contributed by atoms with Crippen LogP contribution in [0.1, 0.15) is 40.0 Å². The molecule has 1 aromatic heterocycles. The first-order chi connectivity index (χ1) is 15.4. The highest BCUT2D eigenvalue weighted by Gasteiger charge is 2.22. The average molecular weight is 445 g/mol. The predicted molar refractivity (Wildman–Crippen MR) is 128 cm³/mol. The second-order valence-corrected chi connectivity index (χ2v) is 8.30. The number of aromatic nitrogens is 2. The van der Waals surface area contributed by atoms with Crippen LogP contribution in [0.5, 0.6) is 11.5 Å². The lowest BCUT2D eigenvalue weighted by Gasteiger charge is -2.35. The van der Waals surface area contributed by atoms with Crippen LogP contribution in [0, 0.1) is 0 Å². The number of carbonyl (C=O) groups is 1. The zero-order chi connectivity index (χ0) is 23.1. The fraction of sp³-hybridized carbons (Fsp3) is 0.609. The van der Waals surface area contributed by atoms with E-state index in [-0.39, 0.29) is 5.91 Å². The van der Waals surface area contributed by atoms with Gasteiger partial charge in [-0.15, -0.1) is 0 Å². The maximum Gasteiger partial charge on any atom is 0.225 e. The Kier molecular flexibility index (Phi) is 8.33. The number of benzene rings is 1. The third kappa shape index (κ3) is 5.91. The van der Waals surface area contributed by atoms with E-state index in [9.17, 15) is 4.79 Å². The lowest BCUT2D eigenvalue weighted by molar-refractivity contribution is -0.120. The molecule has 3 rings (SSSR count). The van der Waals surface area contributed by atoms with Crippen molar-refractivity contribution in [1.29, 1.82) is 0 Å². The van der Waals surface area contributed by atoms with E-state index < -0.39 is 0 Å². The topological polar surface area (TPSA) is 101 Å². The summed E-state index contributed by atoms with van der Waals surface area (Å²) >= 11 is 0. The molecule has 9 heteroatoms. The zero-order valence-electron chi connectivity index (χ0n) is 19.8. The minimum atomic E-state index is 0.0261. The van der Waals surface area contributed by atoms with Gasteiger partial charge in [-0.05, 0) is 32.8 Å². The number of nitrogens with one attached hydrogen (secondary N) is 3. The Bertz CT molecular complexity index is 912. The lowest BCUT2D eigenvalue weighted by atomic mass is 10.0. The summed E-state index contributed by atoms with van der Waals surface area (Å²) in [6, 6.07) is 4.70. The van der Waals surface area contributed by atoms with Crippen LogP contribution in [-0.2, 0) is 4.79 Å². The van der Waals surface area contributed by atoms with Gasteiger partial charge in [-0.25, -0.2) is 4.98 Å². The minimum absolute atomic E-state index is 0.0261. The Balaban J connectivity index is 1.83. The molecule has 9 nitrogen and oxygen atoms in total. The molecule has 0 bridgehead atoms. The third-order valence-electron chi connectivity index (χ3n) is 5.85. The van der Waals surface area contributed by atoms with E-state index in [1.165, 1.54) is 0 Å². The van der Waals surface area contributed by atoms with Crippen LogP contribution in [0.4, 0.5) is 11.8 Å². The number of carbonyl (C=O) groups excluding carboxylic acids is 1. The van der Waals surface area contributed by atoms with Gasteiger partial charge in [0.1, 0.15) is 5.82 Å². The molecule has 1 amide bonds. The third-order valence-corrected chi connectivity index (χ3v) is 5.85. The number of likely N-dealkylation sites (tertiary alicyclic amines) is 1. The number of piperidine rings is 1. The van der Waals surface area contributed by atoms with Crippen molar-refractivity contribution < 1.29 is 14.3 Å². The molecule has 2 heterocycles. The monoisotopic (exact) mass is 444 g/mol. The number of amides is 1. The predicted octanol–water partition coefficient (Wildman–Crippen LogP) is 2.87. The van der Waals surface area contributed by atoms with Crippen LogP contribution in [0.15, 0.2) is 12.1 Å². The van der Waals surface area contributed by atoms with Crippen LogP contribution in [-0.4, -0.2) is 73.3 Å². The zero-order valence-corrected chi connectivity index (χ0v) is 19.8. The van der Waals surface area contributed by atoms with Gasteiger partial charge in [0.2, 0.25) is 11.9 Å². The lowest BCUT2D eigenvalue weighted by Crippen LogP contribution is -2.42. The van der Waals surface area contributed by atoms with Crippen molar-refractivity contribution >= 4 is 28.6 Å². The molecule has 1 saturated heterocycles. The number of anilines is 2. The molecule has 1 aliphatic heterocycles. The first-order valence-electron chi connectivity index (χ1n) is 11.4. The van der Waals surface area contributed by atoms with E-state index in [4.69, 9.17) is 14.5 Å². The number of methoxy groups -OCH3 is 2. The molecule has 0 saturated carbocycles. The molecule has 0 radical (unpaired) electrons. The van der Waals surface area contributed by atoms with Gasteiger partial charge in [-0.3, -0.25) is 4.79 Å². The first kappa shape index (κ1) is 23.8. The van der Waals surface area contributed by atoms with Crippen molar-refractivity contribution in [2.24, 2.45) is 0 Å². The number of ether oxygens (including phenoxy) is 2. The summed E-state index contributed by atoms with van der Waals surface area (Å²) in [5.41, 5.74) is 0.764. The molecule has 3 N–H and O–H groups in total. The van der Waals surface area contributed by atoms with Crippen molar-refractivity contribution in [3.8, 4) is 11.5 Å². The maximum atomic E-state index is 11.5. The smallest absolute Gasteiger partial charge is 0.225 e. The molecule has 0 spiro atoms. The highest BCUT2D eigenvalue weighted by Crippen LogP contribution is 2.35. The quantitative estimate of drug-likeness (QED) is 0.481. The number of nitrogens with zero attached hydrogens (tertiary/aromatic N) is 3. The Morgan fingerprint density at radius 1 is 1.12 bits per heavy atom. The molecule has 1 fully saturated rings. The Morgan fingerprint density at radius 2 is 1.81 bits per heavy atom. The fourth-order valence-corrected chi connectivity index (χ4v) is 3.90. The number of hydrogen-bond donors (Lipinski definition) is 3. The molecule has 1 aromatic carbocycles. The SMILES string of the molecule is CCC(=O)NCCNc1nc(NC2CCN(C(C)C)CC2)c2cc(OC)c(OC)cc2n1. The van der Waals surface area contributed by atoms with Gasteiger partial charge in [-0.2, -0.15) is 4.98 Å². The molecule has 176 valence electrons. The van der Waals surface area contributed by atoms with Crippen LogP contribution < -0.4 is 25.4 Å². The maximum absolute atomic E-state index is 11.5. The van der Waals surface area contributed by atoms with Crippen molar-refractivity contribution in [2.75, 3.05) is 51.0 Å². The highest BCUT2D eigenvalue weighted by molar-refractivity contribution is 5.92. The van der Waals surface area contributed by atoms with Gasteiger partial charge < -0.3 is 30.3 Å². The molecule has 2 aromatic rings. The summed E-state index contributed by atoms with van der Waals surface area (Å²) < 4.78 is 11.0. The molecular weight excluding hydrogens is 408 g/mol. The summed E-state index contributed by atoms with van der Waals surface area (Å²) in [6.07, 6.45) is 2.59. The van der Waals surface area contributed by atoms with Crippen LogP contribution in [0.3, 0.4) is 0 Å². The van der Waals surface area contributed by atoms with Crippen LogP contribution in [0.2, 0.25) is 0 Å². The summed E-state index contributed by atoms with van der Waals surface area (Å²) in [4.78, 5) is 23.4. The Morgan fingerprint density at radius 3 is 2.44 bits per heavy atom. The van der Waals surface area contributed by atoms with Crippen LogP contribution in [0.25, 0.3) is 10.9 Å². The van der Waals surface area contributed by atoms with Gasteiger partial charge in [0.15, 0.2) is 11.5 Å². The van der Waals surface area contributed by atoms with Crippen molar-refractivity contribution in [1.82, 2.24) is 20.2 Å². The number of rotatable bonds is 10. The van der Waals surface area contributed by atoms with Crippen molar-refractivity contribution in [3.63, 3.8) is 0 Å². The largest absolute Gasteiger partial charge is 0.493 e. The van der Waals surface area contributed by atoms with Crippen LogP contribution >= 0.6 is 0 Å². The van der Waals surface area contributed by atoms with Crippen molar-refractivity contribution in [2.45, 2.75) is 52.1 Å². The normalized spacial score (nSPS) is 15.1. The van der Waals surface area contributed by atoms with Crippen molar-refractivity contribution in [3.05, 3.63) is 12.1 Å². The van der Waals surface area contributed by atoms with Gasteiger partial charge in [-0.1, -0.05) is 6.92 Å². The Labute approximate surface area is 190 Å². The number of hydrogen-bond acceptors (Lipinski definition) is 8. The average Bonchev–Trinajstić information content (AvgIpc) is 2.81. The fourth-order valence-electron chi connectivity index (χ4n) is 3.90. The van der Waals surface area contributed by atoms with Gasteiger partial charge >= 0.3 is 0 Å². The van der Waals surface area contributed by atoms with E-state index >= 15 is 0 Å². The molecule has 32 heavy (non-hydrogen) atoms. The molecule has 0 atom stereocenters. The molecule has 0 aliphatic carbocycles. The van der Waals surface area contributed by atoms with E-state index in [2.05, 4.69) is 39.7 Å². The standard InChI is InChI=1S/C23H36N6O3/c1-6-21(30)24-9-10-25-23-27-18-14-20(32-5)19(31-4)13-17(18)22(28-23)26-16-7-11-29(12-8-16)15(2)3/h13-16H,6-12H2,1-5H3,(H,24,30)(H2,25,26,27,28). The summed E-state index contributed by atoms with van der Waals surface area (Å²) in [6.45, 7) is 9.50. The molecular formula is C23H36N6O3. The first-order valence-corrected chi connectivity index (χ1v) is 11.4.